The maximum atomic E-state index is 12.0. The van der Waals surface area contributed by atoms with Gasteiger partial charge in [-0.3, -0.25) is 4.79 Å². The van der Waals surface area contributed by atoms with Crippen molar-refractivity contribution in [2.75, 3.05) is 37.8 Å². The second-order valence-corrected chi connectivity index (χ2v) is 5.34. The van der Waals surface area contributed by atoms with Crippen molar-refractivity contribution in [2.45, 2.75) is 11.8 Å². The monoisotopic (exact) mass is 266 g/mol. The summed E-state index contributed by atoms with van der Waals surface area (Å²) >= 11 is 1.50. The minimum absolute atomic E-state index is 0.156. The second kappa shape index (κ2) is 6.11. The van der Waals surface area contributed by atoms with Gasteiger partial charge in [0.25, 0.3) is 0 Å². The summed E-state index contributed by atoms with van der Waals surface area (Å²) in [6.07, 6.45) is 0. The maximum absolute atomic E-state index is 12.0. The summed E-state index contributed by atoms with van der Waals surface area (Å²) in [5, 5.41) is 0. The van der Waals surface area contributed by atoms with Gasteiger partial charge in [-0.15, -0.1) is 11.8 Å². The fourth-order valence-corrected chi connectivity index (χ4v) is 2.69. The third-order valence-corrected chi connectivity index (χ3v) is 3.95. The maximum Gasteiger partial charge on any atom is 0.233 e. The highest BCUT2D eigenvalue weighted by atomic mass is 32.2. The smallest absolute Gasteiger partial charge is 0.233 e. The van der Waals surface area contributed by atoms with E-state index in [1.54, 1.807) is 0 Å². The molecule has 5 heteroatoms. The number of anilines is 1. The molecule has 2 rings (SSSR count). The lowest BCUT2D eigenvalue weighted by Gasteiger charge is -2.26. The van der Waals surface area contributed by atoms with Crippen molar-refractivity contribution in [1.29, 1.82) is 0 Å². The molecule has 0 atom stereocenters. The van der Waals surface area contributed by atoms with Crippen LogP contribution in [-0.2, 0) is 9.53 Å². The Labute approximate surface area is 111 Å². The zero-order valence-electron chi connectivity index (χ0n) is 10.5. The molecular formula is C13H18N2O2S. The van der Waals surface area contributed by atoms with E-state index in [1.807, 2.05) is 30.0 Å². The normalized spacial score (nSPS) is 15.7. The van der Waals surface area contributed by atoms with Crippen molar-refractivity contribution in [1.82, 2.24) is 4.90 Å². The van der Waals surface area contributed by atoms with Crippen LogP contribution in [-0.4, -0.2) is 42.9 Å². The number of carbonyl (C=O) groups excluding carboxylic acids is 1. The van der Waals surface area contributed by atoms with E-state index in [4.69, 9.17) is 10.5 Å². The molecule has 2 N–H and O–H groups in total. The highest BCUT2D eigenvalue weighted by Gasteiger charge is 2.17. The van der Waals surface area contributed by atoms with Gasteiger partial charge < -0.3 is 15.4 Å². The average molecular weight is 266 g/mol. The Morgan fingerprint density at radius 3 is 2.83 bits per heavy atom. The minimum atomic E-state index is 0.156. The number of carbonyl (C=O) groups is 1. The topological polar surface area (TPSA) is 55.6 Å². The number of nitrogens with zero attached hydrogens (tertiary/aromatic N) is 1. The fourth-order valence-electron chi connectivity index (χ4n) is 1.84. The molecule has 1 heterocycles. The summed E-state index contributed by atoms with van der Waals surface area (Å²) in [5.74, 6) is 0.594. The third kappa shape index (κ3) is 3.40. The number of rotatable bonds is 3. The Morgan fingerprint density at radius 1 is 1.44 bits per heavy atom. The molecule has 18 heavy (non-hydrogen) atoms. The molecule has 0 spiro atoms. The molecule has 0 unspecified atom stereocenters. The lowest BCUT2D eigenvalue weighted by atomic mass is 10.2. The van der Waals surface area contributed by atoms with E-state index in [0.29, 0.717) is 32.1 Å². The molecule has 1 aliphatic rings. The van der Waals surface area contributed by atoms with Crippen molar-refractivity contribution >= 4 is 23.4 Å². The molecule has 0 radical (unpaired) electrons. The van der Waals surface area contributed by atoms with Gasteiger partial charge in [0.2, 0.25) is 5.91 Å². The Morgan fingerprint density at radius 2 is 2.17 bits per heavy atom. The summed E-state index contributed by atoms with van der Waals surface area (Å²) in [4.78, 5) is 14.8. The molecule has 1 amide bonds. The van der Waals surface area contributed by atoms with Crippen molar-refractivity contribution in [3.63, 3.8) is 0 Å². The van der Waals surface area contributed by atoms with E-state index in [1.165, 1.54) is 11.8 Å². The van der Waals surface area contributed by atoms with Crippen LogP contribution >= 0.6 is 11.8 Å². The number of hydrogen-bond acceptors (Lipinski definition) is 4. The van der Waals surface area contributed by atoms with Gasteiger partial charge in [-0.25, -0.2) is 0 Å². The molecule has 98 valence electrons. The lowest BCUT2D eigenvalue weighted by Crippen LogP contribution is -2.41. The molecule has 4 nitrogen and oxygen atoms in total. The molecule has 0 saturated carbocycles. The van der Waals surface area contributed by atoms with Crippen LogP contribution in [0.5, 0.6) is 0 Å². The van der Waals surface area contributed by atoms with E-state index in [9.17, 15) is 4.79 Å². The van der Waals surface area contributed by atoms with Gasteiger partial charge in [0.15, 0.2) is 0 Å². The van der Waals surface area contributed by atoms with E-state index >= 15 is 0 Å². The van der Waals surface area contributed by atoms with Gasteiger partial charge in [0, 0.05) is 23.7 Å². The molecule has 0 aliphatic carbocycles. The number of amides is 1. The van der Waals surface area contributed by atoms with E-state index in [0.717, 1.165) is 16.1 Å². The molecule has 1 aromatic rings. The van der Waals surface area contributed by atoms with Gasteiger partial charge in [0.05, 0.1) is 19.0 Å². The van der Waals surface area contributed by atoms with Crippen molar-refractivity contribution < 1.29 is 9.53 Å². The average Bonchev–Trinajstić information content (AvgIpc) is 2.38. The Bertz CT molecular complexity index is 431. The summed E-state index contributed by atoms with van der Waals surface area (Å²) in [5.41, 5.74) is 7.80. The van der Waals surface area contributed by atoms with Crippen LogP contribution in [0.4, 0.5) is 5.69 Å². The highest BCUT2D eigenvalue weighted by molar-refractivity contribution is 8.00. The predicted molar refractivity (Wildman–Crippen MR) is 73.7 cm³/mol. The van der Waals surface area contributed by atoms with Gasteiger partial charge in [-0.1, -0.05) is 6.07 Å². The Balaban J connectivity index is 1.88. The number of morpholine rings is 1. The molecule has 1 fully saturated rings. The van der Waals surface area contributed by atoms with Crippen molar-refractivity contribution in [3.8, 4) is 0 Å². The van der Waals surface area contributed by atoms with Crippen LogP contribution < -0.4 is 5.73 Å². The summed E-state index contributed by atoms with van der Waals surface area (Å²) in [6, 6.07) is 5.92. The van der Waals surface area contributed by atoms with Crippen LogP contribution in [0, 0.1) is 6.92 Å². The van der Waals surface area contributed by atoms with Crippen LogP contribution in [0.15, 0.2) is 23.1 Å². The first-order valence-electron chi connectivity index (χ1n) is 6.01. The van der Waals surface area contributed by atoms with Gasteiger partial charge in [0.1, 0.15) is 0 Å². The minimum Gasteiger partial charge on any atom is -0.398 e. The largest absolute Gasteiger partial charge is 0.398 e. The first-order valence-corrected chi connectivity index (χ1v) is 7.00. The summed E-state index contributed by atoms with van der Waals surface area (Å²) < 4.78 is 5.22. The predicted octanol–water partition coefficient (Wildman–Crippen LogP) is 1.53. The molecule has 1 aliphatic heterocycles. The number of benzene rings is 1. The SMILES string of the molecule is Cc1ccc(SCC(=O)N2CCOCC2)c(N)c1. The van der Waals surface area contributed by atoms with Crippen LogP contribution in [0.2, 0.25) is 0 Å². The molecule has 0 aromatic heterocycles. The number of aryl methyl sites for hydroxylation is 1. The van der Waals surface area contributed by atoms with Crippen LogP contribution in [0.25, 0.3) is 0 Å². The van der Waals surface area contributed by atoms with E-state index < -0.39 is 0 Å². The summed E-state index contributed by atoms with van der Waals surface area (Å²) in [6.45, 7) is 4.68. The second-order valence-electron chi connectivity index (χ2n) is 4.32. The quantitative estimate of drug-likeness (QED) is 0.666. The number of thioether (sulfide) groups is 1. The van der Waals surface area contributed by atoms with Crippen molar-refractivity contribution in [2.24, 2.45) is 0 Å². The van der Waals surface area contributed by atoms with Gasteiger partial charge in [-0.05, 0) is 24.6 Å². The van der Waals surface area contributed by atoms with Crippen LogP contribution in [0.3, 0.4) is 0 Å². The van der Waals surface area contributed by atoms with Crippen molar-refractivity contribution in [3.05, 3.63) is 23.8 Å². The Kier molecular flexibility index (Phi) is 4.49. The van der Waals surface area contributed by atoms with E-state index in [2.05, 4.69) is 0 Å². The molecule has 1 aromatic carbocycles. The zero-order valence-corrected chi connectivity index (χ0v) is 11.3. The molecule has 1 saturated heterocycles. The first-order chi connectivity index (χ1) is 8.66. The van der Waals surface area contributed by atoms with Gasteiger partial charge in [-0.2, -0.15) is 0 Å². The third-order valence-electron chi connectivity index (χ3n) is 2.88. The van der Waals surface area contributed by atoms with Gasteiger partial charge >= 0.3 is 0 Å². The fraction of sp³-hybridized carbons (Fsp3) is 0.462. The van der Waals surface area contributed by atoms with E-state index in [-0.39, 0.29) is 5.91 Å². The number of ether oxygens (including phenoxy) is 1. The first kappa shape index (κ1) is 13.2. The number of hydrogen-bond donors (Lipinski definition) is 1. The standard InChI is InChI=1S/C13H18N2O2S/c1-10-2-3-12(11(14)8-10)18-9-13(16)15-4-6-17-7-5-15/h2-3,8H,4-7,9,14H2,1H3. The number of nitrogens with two attached hydrogens (primary N) is 1. The zero-order chi connectivity index (χ0) is 13.0. The molecular weight excluding hydrogens is 248 g/mol. The lowest BCUT2D eigenvalue weighted by molar-refractivity contribution is -0.132. The highest BCUT2D eigenvalue weighted by Crippen LogP contribution is 2.26. The Hall–Kier alpha value is -1.20. The number of nitrogen functional groups attached to an aromatic ring is 1. The summed E-state index contributed by atoms with van der Waals surface area (Å²) in [7, 11) is 0. The van der Waals surface area contributed by atoms with Crippen LogP contribution in [0.1, 0.15) is 5.56 Å². The molecule has 0 bridgehead atoms.